The van der Waals surface area contributed by atoms with E-state index in [9.17, 15) is 0 Å². The van der Waals surface area contributed by atoms with Crippen molar-refractivity contribution in [2.45, 2.75) is 0 Å². The molecule has 5 aromatic carbocycles. The van der Waals surface area contributed by atoms with Crippen molar-refractivity contribution in [1.29, 1.82) is 0 Å². The van der Waals surface area contributed by atoms with E-state index in [2.05, 4.69) is 112 Å². The summed E-state index contributed by atoms with van der Waals surface area (Å²) in [7, 11) is 0. The van der Waals surface area contributed by atoms with Crippen molar-refractivity contribution in [3.63, 3.8) is 0 Å². The number of hydrogen-bond acceptors (Lipinski definition) is 4. The third-order valence-electron chi connectivity index (χ3n) is 7.99. The maximum absolute atomic E-state index is 4.77. The van der Waals surface area contributed by atoms with E-state index in [-0.39, 0.29) is 0 Å². The quantitative estimate of drug-likeness (QED) is 0.210. The van der Waals surface area contributed by atoms with E-state index in [0.29, 0.717) is 0 Å². The van der Waals surface area contributed by atoms with Crippen LogP contribution in [-0.2, 0) is 0 Å². The summed E-state index contributed by atoms with van der Waals surface area (Å²) in [4.78, 5) is 14.8. The zero-order chi connectivity index (χ0) is 26.2. The lowest BCUT2D eigenvalue weighted by Gasteiger charge is -2.13. The van der Waals surface area contributed by atoms with Gasteiger partial charge in [-0.25, -0.2) is 9.97 Å². The maximum Gasteiger partial charge on any atom is 0.116 e. The fourth-order valence-electron chi connectivity index (χ4n) is 6.25. The average Bonchev–Trinajstić information content (AvgIpc) is 3.56. The Kier molecular flexibility index (Phi) is 4.45. The van der Waals surface area contributed by atoms with E-state index < -0.39 is 0 Å². The molecular formula is C35H20N4S. The molecule has 4 nitrogen and oxygen atoms in total. The first-order chi connectivity index (χ1) is 19.8. The second-order valence-electron chi connectivity index (χ2n) is 10.1. The van der Waals surface area contributed by atoms with Crippen LogP contribution >= 0.6 is 11.3 Å². The van der Waals surface area contributed by atoms with Crippen LogP contribution in [0.5, 0.6) is 0 Å². The monoisotopic (exact) mass is 528 g/mol. The lowest BCUT2D eigenvalue weighted by Crippen LogP contribution is -1.93. The van der Waals surface area contributed by atoms with E-state index in [1.165, 1.54) is 43.4 Å². The van der Waals surface area contributed by atoms with Gasteiger partial charge in [-0.2, -0.15) is 0 Å². The highest BCUT2D eigenvalue weighted by Crippen LogP contribution is 2.41. The van der Waals surface area contributed by atoms with E-state index >= 15 is 0 Å². The highest BCUT2D eigenvalue weighted by molar-refractivity contribution is 7.25. The summed E-state index contributed by atoms with van der Waals surface area (Å²) in [6.45, 7) is 0. The van der Waals surface area contributed by atoms with E-state index in [1.54, 1.807) is 17.7 Å². The molecule has 0 saturated carbocycles. The van der Waals surface area contributed by atoms with Crippen LogP contribution in [0.1, 0.15) is 0 Å². The van der Waals surface area contributed by atoms with Gasteiger partial charge >= 0.3 is 0 Å². The van der Waals surface area contributed by atoms with Crippen molar-refractivity contribution in [2.75, 3.05) is 0 Å². The Bertz CT molecular complexity index is 2420. The third kappa shape index (κ3) is 2.98. The summed E-state index contributed by atoms with van der Waals surface area (Å²) >= 11 is 1.71. The van der Waals surface area contributed by atoms with Gasteiger partial charge in [0.25, 0.3) is 0 Å². The van der Waals surface area contributed by atoms with Gasteiger partial charge in [-0.1, -0.05) is 72.8 Å². The Morgan fingerprint density at radius 2 is 1.30 bits per heavy atom. The standard InChI is InChI=1S/C35H20N4S/c1-2-11-26-24(9-1)25-10-3-4-12-27(25)29-18-22(14-15-28(26)29)21-7-5-8-23(17-21)39-30-13-6-16-37-33(30)32-34-31(40-35(32)39)19-36-20-38-34/h1-20H. The Morgan fingerprint density at radius 3 is 2.10 bits per heavy atom. The number of pyridine rings is 1. The van der Waals surface area contributed by atoms with Crippen LogP contribution in [0.15, 0.2) is 122 Å². The van der Waals surface area contributed by atoms with Gasteiger partial charge in [-0.05, 0) is 73.8 Å². The number of hydrogen-bond donors (Lipinski definition) is 0. The van der Waals surface area contributed by atoms with E-state index in [1.807, 2.05) is 18.5 Å². The Hall–Kier alpha value is -5.13. The minimum atomic E-state index is 0.960. The minimum absolute atomic E-state index is 0.960. The molecule has 0 aliphatic heterocycles. The fourth-order valence-corrected chi connectivity index (χ4v) is 7.42. The molecule has 0 aliphatic rings. The molecule has 4 aromatic heterocycles. The molecule has 0 unspecified atom stereocenters. The maximum atomic E-state index is 4.77. The van der Waals surface area contributed by atoms with Crippen LogP contribution in [0.2, 0.25) is 0 Å². The number of benzene rings is 5. The first-order valence-electron chi connectivity index (χ1n) is 13.3. The van der Waals surface area contributed by atoms with E-state index in [4.69, 9.17) is 4.98 Å². The van der Waals surface area contributed by atoms with Gasteiger partial charge in [0.1, 0.15) is 11.2 Å². The summed E-state index contributed by atoms with van der Waals surface area (Å²) in [5.74, 6) is 0. The molecule has 0 atom stereocenters. The molecule has 0 fully saturated rings. The molecule has 40 heavy (non-hydrogen) atoms. The number of fused-ring (bicyclic) bond motifs is 11. The summed E-state index contributed by atoms with van der Waals surface area (Å²) in [6, 6.07) is 37.3. The number of thiophene rings is 1. The molecule has 0 bridgehead atoms. The zero-order valence-corrected chi connectivity index (χ0v) is 22.1. The molecule has 0 N–H and O–H groups in total. The predicted molar refractivity (Wildman–Crippen MR) is 168 cm³/mol. The summed E-state index contributed by atoms with van der Waals surface area (Å²) < 4.78 is 3.39. The highest BCUT2D eigenvalue weighted by atomic mass is 32.1. The summed E-state index contributed by atoms with van der Waals surface area (Å²) in [6.07, 6.45) is 5.37. The van der Waals surface area contributed by atoms with Gasteiger partial charge in [-0.3, -0.25) is 9.55 Å². The van der Waals surface area contributed by atoms with Crippen LogP contribution < -0.4 is 0 Å². The van der Waals surface area contributed by atoms with Crippen molar-refractivity contribution in [2.24, 2.45) is 0 Å². The molecule has 9 rings (SSSR count). The smallest absolute Gasteiger partial charge is 0.116 e. The van der Waals surface area contributed by atoms with Gasteiger partial charge in [-0.15, -0.1) is 11.3 Å². The van der Waals surface area contributed by atoms with Gasteiger partial charge in [0, 0.05) is 18.1 Å². The van der Waals surface area contributed by atoms with Gasteiger partial charge in [0.15, 0.2) is 0 Å². The van der Waals surface area contributed by atoms with Gasteiger partial charge in [0.2, 0.25) is 0 Å². The fraction of sp³-hybridized carbons (Fsp3) is 0. The lowest BCUT2D eigenvalue weighted by atomic mass is 9.92. The van der Waals surface area contributed by atoms with Crippen molar-refractivity contribution >= 4 is 75.1 Å². The summed E-state index contributed by atoms with van der Waals surface area (Å²) in [5, 5.41) is 8.81. The SMILES string of the molecule is c1cc(-c2ccc3c4ccccc4c4ccccc4c3c2)cc(-n2c3cccnc3c3c4ncncc4sc32)c1. The van der Waals surface area contributed by atoms with Crippen LogP contribution in [0.3, 0.4) is 0 Å². The molecule has 0 saturated heterocycles. The predicted octanol–water partition coefficient (Wildman–Crippen LogP) is 9.31. The second kappa shape index (κ2) is 8.18. The summed E-state index contributed by atoms with van der Waals surface area (Å²) in [5.41, 5.74) is 6.49. The van der Waals surface area contributed by atoms with Crippen molar-refractivity contribution < 1.29 is 0 Å². The van der Waals surface area contributed by atoms with Gasteiger partial charge < -0.3 is 0 Å². The Morgan fingerprint density at radius 1 is 0.575 bits per heavy atom. The molecule has 0 amide bonds. The Labute approximate surface area is 232 Å². The number of nitrogens with zero attached hydrogens (tertiary/aromatic N) is 4. The number of rotatable bonds is 2. The first kappa shape index (κ1) is 21.8. The van der Waals surface area contributed by atoms with E-state index in [0.717, 1.165) is 37.2 Å². The van der Waals surface area contributed by atoms with Crippen molar-refractivity contribution in [3.8, 4) is 16.8 Å². The topological polar surface area (TPSA) is 43.6 Å². The third-order valence-corrected chi connectivity index (χ3v) is 9.08. The first-order valence-corrected chi connectivity index (χ1v) is 14.1. The van der Waals surface area contributed by atoms with Crippen LogP contribution in [-0.4, -0.2) is 19.5 Å². The minimum Gasteiger partial charge on any atom is -0.299 e. The van der Waals surface area contributed by atoms with Crippen LogP contribution in [0, 0.1) is 0 Å². The Balaban J connectivity index is 1.30. The molecule has 0 radical (unpaired) electrons. The molecule has 5 heteroatoms. The highest BCUT2D eigenvalue weighted by Gasteiger charge is 2.19. The second-order valence-corrected chi connectivity index (χ2v) is 11.2. The molecule has 186 valence electrons. The number of aromatic nitrogens is 4. The van der Waals surface area contributed by atoms with Crippen molar-refractivity contribution in [3.05, 3.63) is 122 Å². The lowest BCUT2D eigenvalue weighted by molar-refractivity contribution is 1.19. The molecule has 4 heterocycles. The molecule has 0 spiro atoms. The van der Waals surface area contributed by atoms with Crippen LogP contribution in [0.25, 0.3) is 80.6 Å². The largest absolute Gasteiger partial charge is 0.299 e. The normalized spacial score (nSPS) is 12.0. The molecule has 0 aliphatic carbocycles. The molecule has 9 aromatic rings. The van der Waals surface area contributed by atoms with Crippen molar-refractivity contribution in [1.82, 2.24) is 19.5 Å². The molecular weight excluding hydrogens is 508 g/mol. The van der Waals surface area contributed by atoms with Crippen LogP contribution in [0.4, 0.5) is 0 Å². The zero-order valence-electron chi connectivity index (χ0n) is 21.2. The van der Waals surface area contributed by atoms with Gasteiger partial charge in [0.05, 0.1) is 26.6 Å². The average molecular weight is 529 g/mol.